The molecule has 1 aliphatic heterocycles. The van der Waals surface area contributed by atoms with Crippen LogP contribution in [0.2, 0.25) is 0 Å². The van der Waals surface area contributed by atoms with E-state index in [1.54, 1.807) is 0 Å². The second-order valence-corrected chi connectivity index (χ2v) is 5.67. The first-order chi connectivity index (χ1) is 8.18. The van der Waals surface area contributed by atoms with Gasteiger partial charge >= 0.3 is 0 Å². The van der Waals surface area contributed by atoms with Gasteiger partial charge in [0.25, 0.3) is 5.91 Å². The van der Waals surface area contributed by atoms with Gasteiger partial charge < -0.3 is 10.2 Å². The molecule has 92 valence electrons. The molecule has 1 aromatic rings. The van der Waals surface area contributed by atoms with Crippen molar-refractivity contribution in [2.45, 2.75) is 18.9 Å². The molecule has 2 rings (SSSR count). The number of likely N-dealkylation sites (N-methyl/N-ethyl adjacent to an activating group) is 1. The Morgan fingerprint density at radius 1 is 1.53 bits per heavy atom. The van der Waals surface area contributed by atoms with E-state index < -0.39 is 0 Å². The van der Waals surface area contributed by atoms with Crippen LogP contribution in [0.1, 0.15) is 23.2 Å². The Labute approximate surface area is 116 Å². The summed E-state index contributed by atoms with van der Waals surface area (Å²) in [6, 6.07) is 8.09. The van der Waals surface area contributed by atoms with Crippen molar-refractivity contribution in [2.75, 3.05) is 20.1 Å². The molecule has 0 spiro atoms. The first kappa shape index (κ1) is 12.8. The van der Waals surface area contributed by atoms with E-state index in [0.717, 1.165) is 35.1 Å². The van der Waals surface area contributed by atoms with E-state index in [9.17, 15) is 4.79 Å². The van der Waals surface area contributed by atoms with Crippen LogP contribution in [0, 0.1) is 3.57 Å². The van der Waals surface area contributed by atoms with Crippen LogP contribution in [-0.2, 0) is 0 Å². The van der Waals surface area contributed by atoms with Crippen molar-refractivity contribution in [1.29, 1.82) is 0 Å². The maximum atomic E-state index is 12.3. The molecule has 1 atom stereocenters. The van der Waals surface area contributed by atoms with Crippen molar-refractivity contribution in [2.24, 2.45) is 0 Å². The van der Waals surface area contributed by atoms with Gasteiger partial charge in [0.05, 0.1) is 0 Å². The van der Waals surface area contributed by atoms with E-state index in [4.69, 9.17) is 0 Å². The number of hydrogen-bond acceptors (Lipinski definition) is 2. The molecule has 0 aliphatic carbocycles. The van der Waals surface area contributed by atoms with E-state index >= 15 is 0 Å². The van der Waals surface area contributed by atoms with Crippen molar-refractivity contribution in [3.05, 3.63) is 33.4 Å². The summed E-state index contributed by atoms with van der Waals surface area (Å²) in [5.74, 6) is 0.122. The third kappa shape index (κ3) is 3.19. The zero-order chi connectivity index (χ0) is 12.3. The quantitative estimate of drug-likeness (QED) is 0.834. The minimum absolute atomic E-state index is 0.122. The van der Waals surface area contributed by atoms with Gasteiger partial charge in [-0.15, -0.1) is 0 Å². The summed E-state index contributed by atoms with van der Waals surface area (Å²) in [6.07, 6.45) is 2.24. The van der Waals surface area contributed by atoms with E-state index in [-0.39, 0.29) is 5.91 Å². The number of carbonyl (C=O) groups excluding carboxylic acids is 1. The Hall–Kier alpha value is -0.620. The van der Waals surface area contributed by atoms with Crippen LogP contribution in [0.5, 0.6) is 0 Å². The third-order valence-corrected chi connectivity index (χ3v) is 3.88. The molecule has 3 nitrogen and oxygen atoms in total. The molecule has 4 heteroatoms. The lowest BCUT2D eigenvalue weighted by Crippen LogP contribution is -2.46. The van der Waals surface area contributed by atoms with Gasteiger partial charge in [0, 0.05) is 28.8 Å². The minimum atomic E-state index is 0.122. The van der Waals surface area contributed by atoms with Gasteiger partial charge in [0.2, 0.25) is 0 Å². The maximum absolute atomic E-state index is 12.3. The average Bonchev–Trinajstić information content (AvgIpc) is 2.38. The molecule has 1 fully saturated rings. The molecule has 1 unspecified atom stereocenters. The number of benzene rings is 1. The zero-order valence-corrected chi connectivity index (χ0v) is 12.1. The fourth-order valence-corrected chi connectivity index (χ4v) is 2.70. The standard InChI is InChI=1S/C13H17IN2O/c1-16(12-6-3-7-15-9-12)13(17)10-4-2-5-11(14)8-10/h2,4-5,8,12,15H,3,6-7,9H2,1H3. The predicted octanol–water partition coefficient (Wildman–Crippen LogP) is 2.12. The van der Waals surface area contributed by atoms with Gasteiger partial charge in [-0.25, -0.2) is 0 Å². The topological polar surface area (TPSA) is 32.3 Å². The Balaban J connectivity index is 2.08. The van der Waals surface area contributed by atoms with Gasteiger partial charge in [-0.05, 0) is 60.2 Å². The highest BCUT2D eigenvalue weighted by Gasteiger charge is 2.22. The SMILES string of the molecule is CN(C(=O)c1cccc(I)c1)C1CCCNC1. The number of hydrogen-bond donors (Lipinski definition) is 1. The fourth-order valence-electron chi connectivity index (χ4n) is 2.15. The first-order valence-electron chi connectivity index (χ1n) is 5.92. The number of carbonyl (C=O) groups is 1. The monoisotopic (exact) mass is 344 g/mol. The number of amides is 1. The highest BCUT2D eigenvalue weighted by Crippen LogP contribution is 2.14. The molecule has 0 bridgehead atoms. The summed E-state index contributed by atoms with van der Waals surface area (Å²) in [6.45, 7) is 1.98. The van der Waals surface area contributed by atoms with Crippen molar-refractivity contribution in [3.8, 4) is 0 Å². The van der Waals surface area contributed by atoms with Gasteiger partial charge in [-0.1, -0.05) is 6.07 Å². The molecule has 0 saturated carbocycles. The second kappa shape index (κ2) is 5.82. The molecule has 1 amide bonds. The van der Waals surface area contributed by atoms with Crippen LogP contribution in [0.4, 0.5) is 0 Å². The van der Waals surface area contributed by atoms with Crippen LogP contribution in [0.25, 0.3) is 0 Å². The largest absolute Gasteiger partial charge is 0.337 e. The third-order valence-electron chi connectivity index (χ3n) is 3.21. The van der Waals surface area contributed by atoms with Crippen molar-refractivity contribution in [3.63, 3.8) is 0 Å². The lowest BCUT2D eigenvalue weighted by atomic mass is 10.1. The summed E-state index contributed by atoms with van der Waals surface area (Å²) in [4.78, 5) is 14.2. The number of rotatable bonds is 2. The van der Waals surface area contributed by atoms with Gasteiger partial charge in [-0.2, -0.15) is 0 Å². The van der Waals surface area contributed by atoms with Crippen LogP contribution < -0.4 is 5.32 Å². The molecule has 1 saturated heterocycles. The molecule has 0 aromatic heterocycles. The normalized spacial score (nSPS) is 20.0. The van der Waals surface area contributed by atoms with Crippen molar-refractivity contribution in [1.82, 2.24) is 10.2 Å². The van der Waals surface area contributed by atoms with Crippen molar-refractivity contribution >= 4 is 28.5 Å². The Kier molecular flexibility index (Phi) is 4.39. The fraction of sp³-hybridized carbons (Fsp3) is 0.462. The van der Waals surface area contributed by atoms with Gasteiger partial charge in [0.15, 0.2) is 0 Å². The molecule has 17 heavy (non-hydrogen) atoms. The van der Waals surface area contributed by atoms with Crippen LogP contribution in [0.15, 0.2) is 24.3 Å². The Morgan fingerprint density at radius 3 is 3.00 bits per heavy atom. The molecule has 1 aliphatic rings. The number of nitrogens with one attached hydrogen (secondary N) is 1. The Bertz CT molecular complexity index is 402. The number of piperidine rings is 1. The molecule has 0 radical (unpaired) electrons. The molecular weight excluding hydrogens is 327 g/mol. The van der Waals surface area contributed by atoms with Crippen LogP contribution in [-0.4, -0.2) is 37.0 Å². The minimum Gasteiger partial charge on any atom is -0.337 e. The average molecular weight is 344 g/mol. The van der Waals surface area contributed by atoms with E-state index in [2.05, 4.69) is 27.9 Å². The lowest BCUT2D eigenvalue weighted by molar-refractivity contribution is 0.0708. The molecule has 1 N–H and O–H groups in total. The summed E-state index contributed by atoms with van der Waals surface area (Å²) in [5.41, 5.74) is 0.782. The summed E-state index contributed by atoms with van der Waals surface area (Å²) < 4.78 is 1.10. The molecular formula is C13H17IN2O. The highest BCUT2D eigenvalue weighted by atomic mass is 127. The van der Waals surface area contributed by atoms with Crippen LogP contribution >= 0.6 is 22.6 Å². The molecule has 1 aromatic carbocycles. The van der Waals surface area contributed by atoms with E-state index in [1.165, 1.54) is 0 Å². The van der Waals surface area contributed by atoms with Crippen molar-refractivity contribution < 1.29 is 4.79 Å². The van der Waals surface area contributed by atoms with Gasteiger partial charge in [0.1, 0.15) is 0 Å². The molecule has 1 heterocycles. The van der Waals surface area contributed by atoms with E-state index in [1.807, 2.05) is 36.2 Å². The highest BCUT2D eigenvalue weighted by molar-refractivity contribution is 14.1. The first-order valence-corrected chi connectivity index (χ1v) is 7.00. The predicted molar refractivity (Wildman–Crippen MR) is 77.1 cm³/mol. The zero-order valence-electron chi connectivity index (χ0n) is 9.95. The van der Waals surface area contributed by atoms with E-state index in [0.29, 0.717) is 6.04 Å². The number of halogens is 1. The summed E-state index contributed by atoms with van der Waals surface area (Å²) in [7, 11) is 1.90. The summed E-state index contributed by atoms with van der Waals surface area (Å²) >= 11 is 2.23. The number of nitrogens with zero attached hydrogens (tertiary/aromatic N) is 1. The van der Waals surface area contributed by atoms with Crippen LogP contribution in [0.3, 0.4) is 0 Å². The van der Waals surface area contributed by atoms with Gasteiger partial charge in [-0.3, -0.25) is 4.79 Å². The lowest BCUT2D eigenvalue weighted by Gasteiger charge is -2.31. The summed E-state index contributed by atoms with van der Waals surface area (Å²) in [5, 5.41) is 3.34. The smallest absolute Gasteiger partial charge is 0.253 e. The Morgan fingerprint density at radius 2 is 2.35 bits per heavy atom. The maximum Gasteiger partial charge on any atom is 0.253 e. The second-order valence-electron chi connectivity index (χ2n) is 4.43.